The summed E-state index contributed by atoms with van der Waals surface area (Å²) in [7, 11) is -3.09. The van der Waals surface area contributed by atoms with Gasteiger partial charge in [0, 0.05) is 30.2 Å². The molecule has 5 aromatic rings. The lowest BCUT2D eigenvalue weighted by Crippen LogP contribution is -2.21. The minimum absolute atomic E-state index is 0.0812. The third-order valence-electron chi connectivity index (χ3n) is 5.01. The Kier molecular flexibility index (Phi) is 5.03. The van der Waals surface area contributed by atoms with E-state index in [1.807, 2.05) is 0 Å². The first-order valence-electron chi connectivity index (χ1n) is 9.33. The van der Waals surface area contributed by atoms with Crippen molar-refractivity contribution in [3.63, 3.8) is 0 Å². The lowest BCUT2D eigenvalue weighted by atomic mass is 10.0. The molecule has 0 saturated carbocycles. The maximum absolute atomic E-state index is 15.5. The molecule has 0 radical (unpaired) electrons. The monoisotopic (exact) mass is 523 g/mol. The predicted molar refractivity (Wildman–Crippen MR) is 123 cm³/mol. The van der Waals surface area contributed by atoms with Crippen molar-refractivity contribution >= 4 is 60.6 Å². The average molecular weight is 524 g/mol. The molecule has 174 valence electrons. The number of pyridine rings is 1. The second kappa shape index (κ2) is 7.72. The van der Waals surface area contributed by atoms with Gasteiger partial charge in [-0.15, -0.1) is 11.3 Å². The van der Waals surface area contributed by atoms with Gasteiger partial charge in [0.25, 0.3) is 15.6 Å². The number of aromatic nitrogens is 5. The number of fused-ring (bicyclic) bond motifs is 2. The van der Waals surface area contributed by atoms with Crippen LogP contribution in [0, 0.1) is 11.6 Å². The Bertz CT molecular complexity index is 1800. The molecule has 15 heteroatoms. The second-order valence-corrected chi connectivity index (χ2v) is 9.91. The molecule has 5 rings (SSSR count). The first-order chi connectivity index (χ1) is 16.1. The highest BCUT2D eigenvalue weighted by Crippen LogP contribution is 2.33. The molecule has 0 aliphatic rings. The van der Waals surface area contributed by atoms with Crippen LogP contribution in [0.25, 0.3) is 27.1 Å². The number of hydrogen-bond donors (Lipinski definition) is 2. The SMILES string of the molecule is Cn1c(=O)c(-c2c(F)ccc(NS(=O)(=O)c3c(Cl)nc4sccn34)c2F)cc2cnc(N)nc21. The fraction of sp³-hybridized carbons (Fsp3) is 0.0526. The summed E-state index contributed by atoms with van der Waals surface area (Å²) < 4.78 is 60.6. The Hall–Kier alpha value is -3.62. The number of nitrogens with zero attached hydrogens (tertiary/aromatic N) is 5. The number of hydrogen-bond acceptors (Lipinski definition) is 8. The number of aryl methyl sites for hydroxylation is 1. The van der Waals surface area contributed by atoms with Gasteiger partial charge in [0.15, 0.2) is 21.0 Å². The highest BCUT2D eigenvalue weighted by molar-refractivity contribution is 7.92. The molecule has 10 nitrogen and oxygen atoms in total. The van der Waals surface area contributed by atoms with Gasteiger partial charge in [-0.1, -0.05) is 11.6 Å². The van der Waals surface area contributed by atoms with E-state index in [-0.39, 0.29) is 22.3 Å². The molecule has 4 aromatic heterocycles. The summed E-state index contributed by atoms with van der Waals surface area (Å²) in [6.45, 7) is 0. The van der Waals surface area contributed by atoms with E-state index < -0.39 is 43.5 Å². The van der Waals surface area contributed by atoms with Gasteiger partial charge >= 0.3 is 0 Å². The van der Waals surface area contributed by atoms with Crippen LogP contribution in [0.3, 0.4) is 0 Å². The molecule has 0 spiro atoms. The Morgan fingerprint density at radius 3 is 2.76 bits per heavy atom. The van der Waals surface area contributed by atoms with Gasteiger partial charge in [0.05, 0.1) is 16.8 Å². The standard InChI is InChI=1S/C19H12ClF2N7O3S2/c1-28-15-8(7-24-18(23)26-15)6-9(16(28)30)12-10(21)2-3-11(13(12)22)27-34(31,32)17-14(20)25-19-29(17)4-5-33-19/h2-7,27H,1H3,(H2,23,24,26). The molecular formula is C19H12ClF2N7O3S2. The summed E-state index contributed by atoms with van der Waals surface area (Å²) >= 11 is 7.14. The van der Waals surface area contributed by atoms with Crippen LogP contribution in [0.4, 0.5) is 20.4 Å². The number of nitrogen functional groups attached to an aromatic ring is 1. The largest absolute Gasteiger partial charge is 0.368 e. The number of anilines is 2. The van der Waals surface area contributed by atoms with Crippen molar-refractivity contribution in [1.29, 1.82) is 0 Å². The summed E-state index contributed by atoms with van der Waals surface area (Å²) in [6.07, 6.45) is 2.74. The van der Waals surface area contributed by atoms with E-state index in [1.54, 1.807) is 5.38 Å². The van der Waals surface area contributed by atoms with Crippen molar-refractivity contribution in [2.24, 2.45) is 7.05 Å². The van der Waals surface area contributed by atoms with Crippen LogP contribution in [-0.2, 0) is 17.1 Å². The predicted octanol–water partition coefficient (Wildman–Crippen LogP) is 3.02. The van der Waals surface area contributed by atoms with Gasteiger partial charge in [-0.3, -0.25) is 18.5 Å². The van der Waals surface area contributed by atoms with Crippen molar-refractivity contribution in [2.45, 2.75) is 5.03 Å². The van der Waals surface area contributed by atoms with E-state index in [2.05, 4.69) is 19.7 Å². The Morgan fingerprint density at radius 1 is 1.24 bits per heavy atom. The molecule has 1 aromatic carbocycles. The topological polar surface area (TPSA) is 137 Å². The van der Waals surface area contributed by atoms with Crippen LogP contribution < -0.4 is 16.0 Å². The van der Waals surface area contributed by atoms with Gasteiger partial charge < -0.3 is 5.73 Å². The first kappa shape index (κ1) is 22.2. The van der Waals surface area contributed by atoms with E-state index in [0.717, 1.165) is 28.0 Å². The van der Waals surface area contributed by atoms with E-state index in [4.69, 9.17) is 17.3 Å². The van der Waals surface area contributed by atoms with Gasteiger partial charge in [0.1, 0.15) is 11.5 Å². The lowest BCUT2D eigenvalue weighted by molar-refractivity contribution is 0.586. The van der Waals surface area contributed by atoms with Crippen LogP contribution in [0.5, 0.6) is 0 Å². The molecule has 4 heterocycles. The molecule has 0 saturated heterocycles. The van der Waals surface area contributed by atoms with Crippen molar-refractivity contribution in [1.82, 2.24) is 23.9 Å². The quantitative estimate of drug-likeness (QED) is 0.369. The minimum Gasteiger partial charge on any atom is -0.368 e. The molecule has 0 aliphatic heterocycles. The highest BCUT2D eigenvalue weighted by Gasteiger charge is 2.28. The molecule has 0 amide bonds. The molecule has 0 unspecified atom stereocenters. The highest BCUT2D eigenvalue weighted by atomic mass is 35.5. The summed E-state index contributed by atoms with van der Waals surface area (Å²) in [5.41, 5.74) is 3.27. The number of nitrogens with one attached hydrogen (secondary N) is 1. The van der Waals surface area contributed by atoms with Crippen molar-refractivity contribution in [3.05, 3.63) is 63.1 Å². The van der Waals surface area contributed by atoms with Gasteiger partial charge in [0.2, 0.25) is 5.95 Å². The van der Waals surface area contributed by atoms with E-state index in [9.17, 15) is 17.6 Å². The molecule has 0 bridgehead atoms. The van der Waals surface area contributed by atoms with Crippen LogP contribution >= 0.6 is 22.9 Å². The number of sulfonamides is 1. The first-order valence-corrected chi connectivity index (χ1v) is 12.1. The summed E-state index contributed by atoms with van der Waals surface area (Å²) in [5, 5.41) is 1.17. The molecule has 0 atom stereocenters. The third-order valence-corrected chi connectivity index (χ3v) is 7.52. The Morgan fingerprint density at radius 2 is 2.00 bits per heavy atom. The summed E-state index contributed by atoms with van der Waals surface area (Å²) in [5.74, 6) is -2.45. The normalized spacial score (nSPS) is 12.0. The third kappa shape index (κ3) is 3.38. The van der Waals surface area contributed by atoms with E-state index in [0.29, 0.717) is 10.3 Å². The zero-order chi connectivity index (χ0) is 24.4. The Labute approximate surface area is 198 Å². The van der Waals surface area contributed by atoms with Crippen LogP contribution in [0.15, 0.2) is 45.8 Å². The van der Waals surface area contributed by atoms with E-state index in [1.165, 1.54) is 29.9 Å². The molecule has 3 N–H and O–H groups in total. The number of halogens is 3. The van der Waals surface area contributed by atoms with Crippen LogP contribution in [0.1, 0.15) is 0 Å². The second-order valence-electron chi connectivity index (χ2n) is 7.08. The number of rotatable bonds is 4. The minimum atomic E-state index is -4.44. The smallest absolute Gasteiger partial charge is 0.281 e. The number of nitrogens with two attached hydrogens (primary N) is 1. The summed E-state index contributed by atoms with van der Waals surface area (Å²) in [6, 6.07) is 2.96. The molecule has 0 aliphatic carbocycles. The molecule has 0 fully saturated rings. The van der Waals surface area contributed by atoms with Gasteiger partial charge in [-0.2, -0.15) is 13.4 Å². The maximum Gasteiger partial charge on any atom is 0.281 e. The van der Waals surface area contributed by atoms with Crippen molar-refractivity contribution < 1.29 is 17.2 Å². The lowest BCUT2D eigenvalue weighted by Gasteiger charge is -2.13. The maximum atomic E-state index is 15.5. The van der Waals surface area contributed by atoms with Crippen molar-refractivity contribution in [3.8, 4) is 11.1 Å². The van der Waals surface area contributed by atoms with Gasteiger partial charge in [-0.25, -0.2) is 18.7 Å². The van der Waals surface area contributed by atoms with Gasteiger partial charge in [-0.05, 0) is 18.2 Å². The fourth-order valence-electron chi connectivity index (χ4n) is 3.49. The number of benzene rings is 1. The van der Waals surface area contributed by atoms with Crippen LogP contribution in [0.2, 0.25) is 5.15 Å². The van der Waals surface area contributed by atoms with E-state index >= 15 is 4.39 Å². The number of imidazole rings is 1. The number of thiazole rings is 1. The molecule has 34 heavy (non-hydrogen) atoms. The zero-order valence-electron chi connectivity index (χ0n) is 17.0. The fourth-order valence-corrected chi connectivity index (χ4v) is 6.00. The summed E-state index contributed by atoms with van der Waals surface area (Å²) in [4.78, 5) is 25.0. The Balaban J connectivity index is 1.67. The average Bonchev–Trinajstić information content (AvgIpc) is 3.34. The van der Waals surface area contributed by atoms with Crippen molar-refractivity contribution in [2.75, 3.05) is 10.5 Å². The van der Waals surface area contributed by atoms with Crippen LogP contribution in [-0.4, -0.2) is 32.3 Å². The molecular weight excluding hydrogens is 512 g/mol. The zero-order valence-corrected chi connectivity index (χ0v) is 19.3.